The third-order valence-corrected chi connectivity index (χ3v) is 2.16. The molecule has 0 fully saturated rings. The van der Waals surface area contributed by atoms with Crippen LogP contribution in [-0.4, -0.2) is 17.8 Å². The van der Waals surface area contributed by atoms with Gasteiger partial charge in [0.25, 0.3) is 0 Å². The summed E-state index contributed by atoms with van der Waals surface area (Å²) < 4.78 is 0. The fourth-order valence-electron chi connectivity index (χ4n) is 1.28. The molecule has 2 nitrogen and oxygen atoms in total. The Morgan fingerprint density at radius 1 is 1.08 bits per heavy atom. The minimum Gasteiger partial charge on any atom is -0.392 e. The lowest BCUT2D eigenvalue weighted by atomic mass is 10.1. The van der Waals surface area contributed by atoms with Crippen LogP contribution in [0.1, 0.15) is 51.9 Å². The van der Waals surface area contributed by atoms with E-state index in [1.807, 2.05) is 0 Å². The summed E-state index contributed by atoms with van der Waals surface area (Å²) in [6.45, 7) is 2.63. The highest BCUT2D eigenvalue weighted by Gasteiger charge is 1.99. The molecule has 0 spiro atoms. The molecule has 0 aliphatic heterocycles. The molecular formula is C10H24FNO. The normalized spacial score (nSPS) is 12.2. The van der Waals surface area contributed by atoms with E-state index in [4.69, 9.17) is 10.8 Å². The fourth-order valence-corrected chi connectivity index (χ4v) is 1.28. The first-order chi connectivity index (χ1) is 5.81. The molecule has 0 rings (SSSR count). The van der Waals surface area contributed by atoms with Gasteiger partial charge in [-0.25, -0.2) is 0 Å². The second kappa shape index (κ2) is 11.8. The molecular weight excluding hydrogens is 169 g/mol. The Morgan fingerprint density at radius 3 is 2.15 bits per heavy atom. The van der Waals surface area contributed by atoms with Crippen molar-refractivity contribution < 1.29 is 9.81 Å². The van der Waals surface area contributed by atoms with Gasteiger partial charge < -0.3 is 10.8 Å². The smallest absolute Gasteiger partial charge is 0.0662 e. The molecule has 1 atom stereocenters. The number of aliphatic hydroxyl groups is 1. The van der Waals surface area contributed by atoms with E-state index in [0.717, 1.165) is 12.8 Å². The third-order valence-electron chi connectivity index (χ3n) is 2.16. The maximum Gasteiger partial charge on any atom is 0.0662 e. The van der Waals surface area contributed by atoms with E-state index in [-0.39, 0.29) is 10.8 Å². The molecule has 0 heterocycles. The zero-order valence-corrected chi connectivity index (χ0v) is 8.67. The van der Waals surface area contributed by atoms with Gasteiger partial charge in [-0.1, -0.05) is 45.4 Å². The molecule has 0 aliphatic rings. The first-order valence-electron chi connectivity index (χ1n) is 5.19. The van der Waals surface area contributed by atoms with E-state index in [1.165, 1.54) is 32.1 Å². The van der Waals surface area contributed by atoms with E-state index in [9.17, 15) is 0 Å². The molecule has 0 bridgehead atoms. The molecule has 0 amide bonds. The van der Waals surface area contributed by atoms with Gasteiger partial charge >= 0.3 is 0 Å². The number of rotatable bonds is 8. The number of hydrogen-bond donors (Lipinski definition) is 2. The topological polar surface area (TPSA) is 46.2 Å². The molecule has 0 aromatic carbocycles. The second-order valence-corrected chi connectivity index (χ2v) is 3.45. The highest BCUT2D eigenvalue weighted by atomic mass is 19.0. The van der Waals surface area contributed by atoms with Gasteiger partial charge in [-0.2, -0.15) is 0 Å². The van der Waals surface area contributed by atoms with Gasteiger partial charge in [0.2, 0.25) is 0 Å². The van der Waals surface area contributed by atoms with Crippen molar-refractivity contribution in [3.8, 4) is 0 Å². The average Bonchev–Trinajstić information content (AvgIpc) is 2.10. The van der Waals surface area contributed by atoms with Crippen LogP contribution in [0.25, 0.3) is 0 Å². The number of aliphatic hydroxyl groups excluding tert-OH is 1. The van der Waals surface area contributed by atoms with Crippen LogP contribution >= 0.6 is 0 Å². The van der Waals surface area contributed by atoms with Crippen LogP contribution in [0.2, 0.25) is 0 Å². The number of hydrogen-bond acceptors (Lipinski definition) is 2. The van der Waals surface area contributed by atoms with Crippen molar-refractivity contribution >= 4 is 0 Å². The van der Waals surface area contributed by atoms with E-state index >= 15 is 0 Å². The maximum atomic E-state index is 9.14. The van der Waals surface area contributed by atoms with E-state index in [1.54, 1.807) is 0 Å². The van der Waals surface area contributed by atoms with Gasteiger partial charge in [0.1, 0.15) is 0 Å². The van der Waals surface area contributed by atoms with Gasteiger partial charge in [0, 0.05) is 6.54 Å². The molecule has 13 heavy (non-hydrogen) atoms. The number of unbranched alkanes of at least 4 members (excludes halogenated alkanes) is 5. The number of halogens is 1. The average molecular weight is 193 g/mol. The molecule has 82 valence electrons. The Balaban J connectivity index is 0. The molecule has 0 radical (unpaired) electrons. The lowest BCUT2D eigenvalue weighted by Gasteiger charge is -2.06. The van der Waals surface area contributed by atoms with Crippen molar-refractivity contribution in [1.29, 1.82) is 0 Å². The lowest BCUT2D eigenvalue weighted by Crippen LogP contribution is -2.19. The summed E-state index contributed by atoms with van der Waals surface area (Å²) >= 11 is 0. The van der Waals surface area contributed by atoms with Gasteiger partial charge in [-0.05, 0) is 6.42 Å². The first kappa shape index (κ1) is 15.3. The van der Waals surface area contributed by atoms with Crippen LogP contribution in [0, 0.1) is 0 Å². The molecule has 0 saturated carbocycles. The van der Waals surface area contributed by atoms with E-state index < -0.39 is 0 Å². The van der Waals surface area contributed by atoms with Gasteiger partial charge in [-0.15, -0.1) is 0 Å². The summed E-state index contributed by atoms with van der Waals surface area (Å²) in [5, 5.41) is 9.14. The standard InChI is InChI=1S/C10H23NO.FH/c1-2-3-4-5-6-7-8-10(12)9-11;/h10,12H,2-9,11H2,1H3;1H. The first-order valence-corrected chi connectivity index (χ1v) is 5.19. The van der Waals surface area contributed by atoms with Crippen LogP contribution in [0.3, 0.4) is 0 Å². The molecule has 0 aromatic rings. The SMILES string of the molecule is CCCCCCCCC(O)CN.F. The Hall–Kier alpha value is -0.150. The van der Waals surface area contributed by atoms with E-state index in [0.29, 0.717) is 6.54 Å². The Kier molecular flexibility index (Phi) is 14.0. The quantitative estimate of drug-likeness (QED) is 0.581. The summed E-state index contributed by atoms with van der Waals surface area (Å²) in [6, 6.07) is 0. The van der Waals surface area contributed by atoms with Crippen molar-refractivity contribution in [1.82, 2.24) is 0 Å². The van der Waals surface area contributed by atoms with Gasteiger partial charge in [-0.3, -0.25) is 4.70 Å². The minimum absolute atomic E-state index is 0. The minimum atomic E-state index is -0.267. The van der Waals surface area contributed by atoms with Gasteiger partial charge in [0.15, 0.2) is 0 Å². The molecule has 0 aromatic heterocycles. The second-order valence-electron chi connectivity index (χ2n) is 3.45. The zero-order chi connectivity index (χ0) is 9.23. The largest absolute Gasteiger partial charge is 0.392 e. The Bertz CT molecular complexity index is 91.0. The molecule has 3 heteroatoms. The van der Waals surface area contributed by atoms with Crippen LogP contribution in [0.4, 0.5) is 4.70 Å². The Labute approximate surface area is 80.9 Å². The van der Waals surface area contributed by atoms with Crippen molar-refractivity contribution in [2.75, 3.05) is 6.54 Å². The van der Waals surface area contributed by atoms with Crippen molar-refractivity contribution in [2.24, 2.45) is 5.73 Å². The van der Waals surface area contributed by atoms with Crippen LogP contribution in [-0.2, 0) is 0 Å². The molecule has 3 N–H and O–H groups in total. The summed E-state index contributed by atoms with van der Waals surface area (Å²) in [4.78, 5) is 0. The highest BCUT2D eigenvalue weighted by Crippen LogP contribution is 2.07. The van der Waals surface area contributed by atoms with Gasteiger partial charge in [0.05, 0.1) is 6.10 Å². The molecule has 0 saturated heterocycles. The highest BCUT2D eigenvalue weighted by molar-refractivity contribution is 4.55. The predicted octanol–water partition coefficient (Wildman–Crippen LogP) is 2.21. The van der Waals surface area contributed by atoms with Crippen molar-refractivity contribution in [3.63, 3.8) is 0 Å². The number of nitrogens with two attached hydrogens (primary N) is 1. The monoisotopic (exact) mass is 193 g/mol. The fraction of sp³-hybridized carbons (Fsp3) is 1.00. The predicted molar refractivity (Wildman–Crippen MR) is 55.6 cm³/mol. The maximum absolute atomic E-state index is 9.14. The zero-order valence-electron chi connectivity index (χ0n) is 8.67. The third kappa shape index (κ3) is 11.9. The lowest BCUT2D eigenvalue weighted by molar-refractivity contribution is 0.168. The summed E-state index contributed by atoms with van der Waals surface area (Å²) in [5.74, 6) is 0. The van der Waals surface area contributed by atoms with Crippen LogP contribution in [0.5, 0.6) is 0 Å². The summed E-state index contributed by atoms with van der Waals surface area (Å²) in [6.07, 6.45) is 8.28. The van der Waals surface area contributed by atoms with Crippen molar-refractivity contribution in [3.05, 3.63) is 0 Å². The van der Waals surface area contributed by atoms with Crippen molar-refractivity contribution in [2.45, 2.75) is 58.0 Å². The summed E-state index contributed by atoms with van der Waals surface area (Å²) in [7, 11) is 0. The van der Waals surface area contributed by atoms with Crippen LogP contribution < -0.4 is 5.73 Å². The molecule has 0 aliphatic carbocycles. The Morgan fingerprint density at radius 2 is 1.62 bits per heavy atom. The molecule has 1 unspecified atom stereocenters. The van der Waals surface area contributed by atoms with Crippen LogP contribution in [0.15, 0.2) is 0 Å². The summed E-state index contributed by atoms with van der Waals surface area (Å²) in [5.41, 5.74) is 5.28. The van der Waals surface area contributed by atoms with E-state index in [2.05, 4.69) is 6.92 Å².